The average Bonchev–Trinajstić information content (AvgIpc) is 2.61. The van der Waals surface area contributed by atoms with Gasteiger partial charge in [-0.2, -0.15) is 0 Å². The first-order valence-corrected chi connectivity index (χ1v) is 13.1. The third-order valence-electron chi connectivity index (χ3n) is 5.25. The van der Waals surface area contributed by atoms with E-state index in [4.69, 9.17) is 0 Å². The predicted octanol–water partition coefficient (Wildman–Crippen LogP) is 6.80. The van der Waals surface area contributed by atoms with E-state index in [-0.39, 0.29) is 10.8 Å². The van der Waals surface area contributed by atoms with Crippen LogP contribution in [0, 0.1) is 0 Å². The summed E-state index contributed by atoms with van der Waals surface area (Å²) in [5.74, 6) is 0.823. The van der Waals surface area contributed by atoms with Crippen LogP contribution in [-0.2, 0) is 23.7 Å². The molecule has 0 radical (unpaired) electrons. The summed E-state index contributed by atoms with van der Waals surface area (Å²) < 4.78 is 0. The summed E-state index contributed by atoms with van der Waals surface area (Å²) in [6.45, 7) is 12.9. The number of phenols is 2. The summed E-state index contributed by atoms with van der Waals surface area (Å²) in [6, 6.07) is 12.2. The number of phenolic OH excluding ortho intramolecular Hbond substituents is 2. The normalized spacial score (nSPS) is 12.3. The van der Waals surface area contributed by atoms with Crippen molar-refractivity contribution in [1.29, 1.82) is 0 Å². The molecule has 2 aromatic rings. The van der Waals surface area contributed by atoms with Crippen molar-refractivity contribution in [1.82, 2.24) is 0 Å². The number of aromatic hydroxyl groups is 2. The number of benzene rings is 2. The van der Waals surface area contributed by atoms with Crippen LogP contribution in [-0.4, -0.2) is 25.2 Å². The van der Waals surface area contributed by atoms with Crippen molar-refractivity contribution in [2.75, 3.05) is 0 Å². The van der Waals surface area contributed by atoms with Crippen LogP contribution in [0.5, 0.6) is 11.5 Å². The minimum atomic E-state index is -0.0227. The van der Waals surface area contributed by atoms with E-state index >= 15 is 0 Å². The van der Waals surface area contributed by atoms with Crippen molar-refractivity contribution < 1.29 is 10.2 Å². The summed E-state index contributed by atoms with van der Waals surface area (Å²) in [6.07, 6.45) is 4.64. The van der Waals surface area contributed by atoms with Crippen LogP contribution < -0.4 is 0 Å². The summed E-state index contributed by atoms with van der Waals surface area (Å²) in [5, 5.41) is 22.8. The molecule has 2 nitrogen and oxygen atoms in total. The molecular formula is C26H38O2Se. The third kappa shape index (κ3) is 7.39. The number of aryl methyl sites for hydroxylation is 2. The Morgan fingerprint density at radius 1 is 0.655 bits per heavy atom. The van der Waals surface area contributed by atoms with E-state index in [1.54, 1.807) is 0 Å². The molecule has 2 rings (SSSR count). The monoisotopic (exact) mass is 462 g/mol. The zero-order valence-electron chi connectivity index (χ0n) is 19.0. The second kappa shape index (κ2) is 10.0. The molecule has 2 aromatic carbocycles. The van der Waals surface area contributed by atoms with Gasteiger partial charge in [-0.05, 0) is 0 Å². The quantitative estimate of drug-likeness (QED) is 0.335. The predicted molar refractivity (Wildman–Crippen MR) is 126 cm³/mol. The Morgan fingerprint density at radius 3 is 1.38 bits per heavy atom. The molecule has 0 atom stereocenters. The number of hydrogen-bond acceptors (Lipinski definition) is 2. The Labute approximate surface area is 183 Å². The van der Waals surface area contributed by atoms with E-state index in [9.17, 15) is 10.2 Å². The van der Waals surface area contributed by atoms with Gasteiger partial charge in [-0.25, -0.2) is 0 Å². The zero-order chi connectivity index (χ0) is 21.7. The van der Waals surface area contributed by atoms with Gasteiger partial charge < -0.3 is 0 Å². The topological polar surface area (TPSA) is 40.5 Å². The van der Waals surface area contributed by atoms with E-state index in [0.717, 1.165) is 24.0 Å². The van der Waals surface area contributed by atoms with Crippen molar-refractivity contribution in [2.24, 2.45) is 0 Å². The summed E-state index contributed by atoms with van der Waals surface area (Å²) >= 11 is 0.688. The van der Waals surface area contributed by atoms with Crippen LogP contribution in [0.3, 0.4) is 0 Å². The van der Waals surface area contributed by atoms with Gasteiger partial charge in [0.25, 0.3) is 0 Å². The van der Waals surface area contributed by atoms with Gasteiger partial charge in [0.2, 0.25) is 0 Å². The first-order valence-electron chi connectivity index (χ1n) is 10.7. The number of rotatable bonds is 8. The molecule has 0 saturated carbocycles. The molecule has 0 aliphatic heterocycles. The third-order valence-corrected chi connectivity index (χ3v) is 7.67. The molecule has 0 amide bonds. The van der Waals surface area contributed by atoms with Gasteiger partial charge in [0.1, 0.15) is 0 Å². The first kappa shape index (κ1) is 23.8. The molecule has 29 heavy (non-hydrogen) atoms. The molecule has 2 N–H and O–H groups in total. The molecule has 0 aromatic heterocycles. The molecule has 3 heteroatoms. The van der Waals surface area contributed by atoms with Crippen LogP contribution in [0.4, 0.5) is 0 Å². The molecule has 0 saturated heterocycles. The van der Waals surface area contributed by atoms with Crippen LogP contribution in [0.2, 0.25) is 10.6 Å². The second-order valence-corrected chi connectivity index (χ2v) is 12.6. The Kier molecular flexibility index (Phi) is 8.26. The Morgan fingerprint density at radius 2 is 1.03 bits per heavy atom. The molecule has 0 aliphatic rings. The average molecular weight is 462 g/mol. The Bertz CT molecular complexity index is 730. The van der Waals surface area contributed by atoms with Gasteiger partial charge in [0.05, 0.1) is 0 Å². The van der Waals surface area contributed by atoms with E-state index in [0.29, 0.717) is 26.5 Å². The van der Waals surface area contributed by atoms with Crippen LogP contribution in [0.1, 0.15) is 76.6 Å². The summed E-state index contributed by atoms with van der Waals surface area (Å²) in [7, 11) is 0. The van der Waals surface area contributed by atoms with Crippen LogP contribution in [0.15, 0.2) is 36.4 Å². The van der Waals surface area contributed by atoms with Crippen molar-refractivity contribution in [3.63, 3.8) is 0 Å². The standard InChI is InChI=1S/C26H38O2Se/c1-25(2,3)21-17-19(11-13-23(21)27)9-7-15-29-16-8-10-20-12-14-24(28)22(18-20)26(4,5)6/h11-14,17-18,27-28H,7-10,15-16H2,1-6H3. The van der Waals surface area contributed by atoms with Crippen molar-refractivity contribution in [3.05, 3.63) is 58.7 Å². The van der Waals surface area contributed by atoms with Gasteiger partial charge in [-0.3, -0.25) is 0 Å². The Balaban J connectivity index is 1.72. The van der Waals surface area contributed by atoms with E-state index in [1.165, 1.54) is 34.6 Å². The molecule has 0 spiro atoms. The maximum absolute atomic E-state index is 10.1. The SMILES string of the molecule is CC(C)(C)c1cc(CCC[Se]CCCc2ccc(O)c(C(C)(C)C)c2)ccc1O. The van der Waals surface area contributed by atoms with Crippen LogP contribution >= 0.6 is 0 Å². The maximum atomic E-state index is 10.1. The molecule has 0 heterocycles. The second-order valence-electron chi connectivity index (χ2n) is 10.0. The molecule has 0 bridgehead atoms. The minimum absolute atomic E-state index is 0.0227. The molecule has 0 unspecified atom stereocenters. The Hall–Kier alpha value is -1.44. The fourth-order valence-electron chi connectivity index (χ4n) is 3.54. The van der Waals surface area contributed by atoms with Crippen LogP contribution in [0.25, 0.3) is 0 Å². The molecular weight excluding hydrogens is 423 g/mol. The van der Waals surface area contributed by atoms with Gasteiger partial charge in [0.15, 0.2) is 0 Å². The van der Waals surface area contributed by atoms with Crippen molar-refractivity contribution >= 4 is 15.0 Å². The van der Waals surface area contributed by atoms with Gasteiger partial charge >= 0.3 is 184 Å². The molecule has 0 fully saturated rings. The summed E-state index contributed by atoms with van der Waals surface area (Å²) in [4.78, 5) is 0. The zero-order valence-corrected chi connectivity index (χ0v) is 20.7. The molecule has 0 aliphatic carbocycles. The van der Waals surface area contributed by atoms with E-state index in [1.807, 2.05) is 12.1 Å². The number of hydrogen-bond donors (Lipinski definition) is 2. The van der Waals surface area contributed by atoms with Crippen molar-refractivity contribution in [3.8, 4) is 11.5 Å². The van der Waals surface area contributed by atoms with Gasteiger partial charge in [-0.15, -0.1) is 0 Å². The summed E-state index contributed by atoms with van der Waals surface area (Å²) in [5.41, 5.74) is 4.72. The molecule has 160 valence electrons. The first-order chi connectivity index (χ1) is 13.5. The van der Waals surface area contributed by atoms with Gasteiger partial charge in [0, 0.05) is 0 Å². The fourth-order valence-corrected chi connectivity index (χ4v) is 5.43. The van der Waals surface area contributed by atoms with E-state index < -0.39 is 0 Å². The van der Waals surface area contributed by atoms with Gasteiger partial charge in [-0.1, -0.05) is 0 Å². The van der Waals surface area contributed by atoms with E-state index in [2.05, 4.69) is 65.8 Å². The fraction of sp³-hybridized carbons (Fsp3) is 0.538. The van der Waals surface area contributed by atoms with Crippen molar-refractivity contribution in [2.45, 2.75) is 88.7 Å².